The van der Waals surface area contributed by atoms with E-state index in [1.807, 2.05) is 0 Å². The summed E-state index contributed by atoms with van der Waals surface area (Å²) < 4.78 is 30.6. The zero-order valence-corrected chi connectivity index (χ0v) is 12.3. The normalized spacial score (nSPS) is 24.5. The van der Waals surface area contributed by atoms with Crippen molar-refractivity contribution in [2.45, 2.75) is 50.3 Å². The lowest BCUT2D eigenvalue weighted by Crippen LogP contribution is -2.32. The highest BCUT2D eigenvalue weighted by Crippen LogP contribution is 2.23. The van der Waals surface area contributed by atoms with Crippen LogP contribution in [-0.4, -0.2) is 21.5 Å². The third kappa shape index (κ3) is 3.81. The number of rotatable bonds is 5. The van der Waals surface area contributed by atoms with E-state index in [1.54, 1.807) is 6.07 Å². The van der Waals surface area contributed by atoms with Gasteiger partial charge < -0.3 is 9.73 Å². The Kier molecular flexibility index (Phi) is 4.65. The van der Waals surface area contributed by atoms with E-state index in [2.05, 4.69) is 17.0 Å². The topological polar surface area (TPSA) is 71.3 Å². The molecule has 108 valence electrons. The highest BCUT2D eigenvalue weighted by Gasteiger charge is 2.19. The number of furan rings is 1. The molecule has 2 N–H and O–H groups in total. The lowest BCUT2D eigenvalue weighted by atomic mass is 9.87. The van der Waals surface area contributed by atoms with Crippen molar-refractivity contribution in [1.82, 2.24) is 10.0 Å². The predicted octanol–water partition coefficient (Wildman–Crippen LogP) is 1.86. The predicted molar refractivity (Wildman–Crippen MR) is 73.2 cm³/mol. The Morgan fingerprint density at radius 2 is 1.95 bits per heavy atom. The average molecular weight is 286 g/mol. The van der Waals surface area contributed by atoms with Gasteiger partial charge in [-0.25, -0.2) is 13.1 Å². The molecule has 1 heterocycles. The number of nitrogens with one attached hydrogen (secondary N) is 2. The molecule has 19 heavy (non-hydrogen) atoms. The van der Waals surface area contributed by atoms with Crippen molar-refractivity contribution in [3.05, 3.63) is 17.9 Å². The van der Waals surface area contributed by atoms with Crippen LogP contribution in [0.5, 0.6) is 0 Å². The van der Waals surface area contributed by atoms with Crippen molar-refractivity contribution >= 4 is 10.0 Å². The molecule has 1 fully saturated rings. The fraction of sp³-hybridized carbons (Fsp3) is 0.692. The summed E-state index contributed by atoms with van der Waals surface area (Å²) in [6.45, 7) is 2.87. The number of hydrogen-bond acceptors (Lipinski definition) is 4. The van der Waals surface area contributed by atoms with Crippen LogP contribution in [0.2, 0.25) is 0 Å². The van der Waals surface area contributed by atoms with Crippen molar-refractivity contribution in [1.29, 1.82) is 0 Å². The van der Waals surface area contributed by atoms with Gasteiger partial charge in [-0.3, -0.25) is 0 Å². The Balaban J connectivity index is 1.87. The second kappa shape index (κ2) is 6.07. The first kappa shape index (κ1) is 14.6. The van der Waals surface area contributed by atoms with Gasteiger partial charge in [0.2, 0.25) is 5.09 Å². The smallest absolute Gasteiger partial charge is 0.273 e. The molecular weight excluding hydrogens is 264 g/mol. The van der Waals surface area contributed by atoms with Crippen LogP contribution in [0, 0.1) is 5.92 Å². The first-order valence-corrected chi connectivity index (χ1v) is 8.25. The lowest BCUT2D eigenvalue weighted by Gasteiger charge is -2.26. The summed E-state index contributed by atoms with van der Waals surface area (Å²) in [7, 11) is -2.10. The molecular formula is C13H22N2O3S. The van der Waals surface area contributed by atoms with Gasteiger partial charge in [0.15, 0.2) is 0 Å². The molecule has 1 aliphatic rings. The molecule has 1 aromatic rings. The molecule has 1 aliphatic carbocycles. The van der Waals surface area contributed by atoms with Crippen molar-refractivity contribution < 1.29 is 12.8 Å². The van der Waals surface area contributed by atoms with Gasteiger partial charge in [0.05, 0.1) is 6.54 Å². The van der Waals surface area contributed by atoms with E-state index in [0.29, 0.717) is 18.3 Å². The second-order valence-corrected chi connectivity index (χ2v) is 7.08. The first-order chi connectivity index (χ1) is 9.01. The van der Waals surface area contributed by atoms with E-state index in [4.69, 9.17) is 4.42 Å². The maximum atomic E-state index is 11.5. The minimum atomic E-state index is -3.47. The summed E-state index contributed by atoms with van der Waals surface area (Å²) in [5.74, 6) is 1.49. The molecule has 5 nitrogen and oxygen atoms in total. The van der Waals surface area contributed by atoms with Crippen molar-refractivity contribution in [3.8, 4) is 0 Å². The number of sulfonamides is 1. The first-order valence-electron chi connectivity index (χ1n) is 6.77. The summed E-state index contributed by atoms with van der Waals surface area (Å²) in [4.78, 5) is 0. The lowest BCUT2D eigenvalue weighted by molar-refractivity contribution is 0.296. The Morgan fingerprint density at radius 1 is 1.26 bits per heavy atom. The zero-order valence-electron chi connectivity index (χ0n) is 11.5. The molecule has 2 rings (SSSR count). The van der Waals surface area contributed by atoms with Gasteiger partial charge >= 0.3 is 0 Å². The summed E-state index contributed by atoms with van der Waals surface area (Å²) >= 11 is 0. The van der Waals surface area contributed by atoms with Crippen LogP contribution in [0.3, 0.4) is 0 Å². The minimum Gasteiger partial charge on any atom is -0.447 e. The van der Waals surface area contributed by atoms with E-state index >= 15 is 0 Å². The molecule has 0 aromatic carbocycles. The highest BCUT2D eigenvalue weighted by molar-refractivity contribution is 7.89. The molecule has 6 heteroatoms. The largest absolute Gasteiger partial charge is 0.447 e. The fourth-order valence-corrected chi connectivity index (χ4v) is 3.07. The van der Waals surface area contributed by atoms with Gasteiger partial charge in [-0.1, -0.05) is 6.92 Å². The van der Waals surface area contributed by atoms with E-state index in [9.17, 15) is 8.42 Å². The van der Waals surface area contributed by atoms with Gasteiger partial charge in [0, 0.05) is 6.04 Å². The minimum absolute atomic E-state index is 0.0240. The van der Waals surface area contributed by atoms with Crippen molar-refractivity contribution in [2.24, 2.45) is 5.92 Å². The molecule has 1 aromatic heterocycles. The molecule has 0 aliphatic heterocycles. The number of hydrogen-bond donors (Lipinski definition) is 2. The second-order valence-electron chi connectivity index (χ2n) is 5.27. The molecule has 0 saturated heterocycles. The standard InChI is InChI=1S/C13H22N2O3S/c1-10-3-5-11(6-4-10)15-9-12-7-8-13(18-12)19(16,17)14-2/h7-8,10-11,14-15H,3-6,9H2,1-2H3. The van der Waals surface area contributed by atoms with E-state index < -0.39 is 10.0 Å². The summed E-state index contributed by atoms with van der Waals surface area (Å²) in [5.41, 5.74) is 0. The molecule has 0 unspecified atom stereocenters. The maximum Gasteiger partial charge on any atom is 0.273 e. The van der Waals surface area contributed by atoms with Crippen LogP contribution in [0.15, 0.2) is 21.6 Å². The summed E-state index contributed by atoms with van der Waals surface area (Å²) in [6, 6.07) is 3.72. The molecule has 0 spiro atoms. The van der Waals surface area contributed by atoms with E-state index in [1.165, 1.54) is 38.8 Å². The van der Waals surface area contributed by atoms with Crippen molar-refractivity contribution in [2.75, 3.05) is 7.05 Å². The highest BCUT2D eigenvalue weighted by atomic mass is 32.2. The van der Waals surface area contributed by atoms with Crippen LogP contribution in [0.4, 0.5) is 0 Å². The molecule has 1 saturated carbocycles. The van der Waals surface area contributed by atoms with Gasteiger partial charge in [0.25, 0.3) is 10.0 Å². The van der Waals surface area contributed by atoms with Crippen LogP contribution >= 0.6 is 0 Å². The Hall–Kier alpha value is -0.850. The van der Waals surface area contributed by atoms with E-state index in [0.717, 1.165) is 5.92 Å². The summed E-state index contributed by atoms with van der Waals surface area (Å²) in [5, 5.41) is 3.41. The van der Waals surface area contributed by atoms with Crippen LogP contribution in [0.25, 0.3) is 0 Å². The van der Waals surface area contributed by atoms with Crippen LogP contribution < -0.4 is 10.0 Å². The van der Waals surface area contributed by atoms with Crippen LogP contribution in [-0.2, 0) is 16.6 Å². The monoisotopic (exact) mass is 286 g/mol. The average Bonchev–Trinajstić information content (AvgIpc) is 2.88. The van der Waals surface area contributed by atoms with Crippen LogP contribution in [0.1, 0.15) is 38.4 Å². The fourth-order valence-electron chi connectivity index (χ4n) is 2.41. The molecule has 0 amide bonds. The summed E-state index contributed by atoms with van der Waals surface area (Å²) in [6.07, 6.45) is 4.89. The van der Waals surface area contributed by atoms with Gasteiger partial charge in [-0.15, -0.1) is 0 Å². The van der Waals surface area contributed by atoms with Gasteiger partial charge in [-0.05, 0) is 50.8 Å². The maximum absolute atomic E-state index is 11.5. The Bertz CT molecular complexity index is 502. The van der Waals surface area contributed by atoms with Gasteiger partial charge in [-0.2, -0.15) is 0 Å². The Labute approximate surface area is 114 Å². The molecule has 0 radical (unpaired) electrons. The third-order valence-corrected chi connectivity index (χ3v) is 5.04. The molecule has 0 bridgehead atoms. The quantitative estimate of drug-likeness (QED) is 0.866. The van der Waals surface area contributed by atoms with E-state index in [-0.39, 0.29) is 5.09 Å². The molecule has 0 atom stereocenters. The SMILES string of the molecule is CNS(=O)(=O)c1ccc(CNC2CCC(C)CC2)o1. The zero-order chi connectivity index (χ0) is 13.9. The Morgan fingerprint density at radius 3 is 2.58 bits per heavy atom. The van der Waals surface area contributed by atoms with Gasteiger partial charge in [0.1, 0.15) is 5.76 Å². The third-order valence-electron chi connectivity index (χ3n) is 3.75. The van der Waals surface area contributed by atoms with Crippen molar-refractivity contribution in [3.63, 3.8) is 0 Å².